The predicted octanol–water partition coefficient (Wildman–Crippen LogP) is 11.8. The first-order valence-electron chi connectivity index (χ1n) is 17.1. The van der Waals surface area contributed by atoms with Gasteiger partial charge in [-0.25, -0.2) is 9.97 Å². The van der Waals surface area contributed by atoms with E-state index < -0.39 is 0 Å². The van der Waals surface area contributed by atoms with Crippen LogP contribution in [-0.2, 0) is 6.42 Å². The Balaban J connectivity index is 1.00. The van der Waals surface area contributed by atoms with Crippen LogP contribution in [0.3, 0.4) is 0 Å². The van der Waals surface area contributed by atoms with Crippen LogP contribution < -0.4 is 0 Å². The van der Waals surface area contributed by atoms with Crippen molar-refractivity contribution in [3.63, 3.8) is 0 Å². The summed E-state index contributed by atoms with van der Waals surface area (Å²) in [6, 6.07) is 62.8. The normalized spacial score (nSPS) is 11.9. The summed E-state index contributed by atoms with van der Waals surface area (Å²) in [5.41, 5.74) is 16.3. The van der Waals surface area contributed by atoms with E-state index in [0.29, 0.717) is 0 Å². The molecule has 2 heterocycles. The van der Waals surface area contributed by atoms with E-state index in [2.05, 4.69) is 162 Å². The average Bonchev–Trinajstić information content (AvgIpc) is 3.73. The van der Waals surface area contributed by atoms with Crippen LogP contribution in [0.15, 0.2) is 176 Å². The Hall–Kier alpha value is -6.58. The van der Waals surface area contributed by atoms with Gasteiger partial charge in [-0.05, 0) is 58.1 Å². The molecule has 0 spiro atoms. The van der Waals surface area contributed by atoms with Crippen molar-refractivity contribution < 1.29 is 0 Å². The van der Waals surface area contributed by atoms with Crippen LogP contribution in [0.2, 0.25) is 0 Å². The van der Waals surface area contributed by atoms with Gasteiger partial charge in [0.2, 0.25) is 0 Å². The SMILES string of the molecule is c1ccc(-c2nc(-c3ccccc3)c3c(n2)-c2ccc(-c4ccc(-c5ccc6c(c5)c5ccccc5n6-c5ccccc5)cc4)cc2C3)cc1. The Morgan fingerprint density at radius 3 is 1.70 bits per heavy atom. The van der Waals surface area contributed by atoms with Gasteiger partial charge >= 0.3 is 0 Å². The average molecular weight is 638 g/mol. The number of hydrogen-bond acceptors (Lipinski definition) is 2. The van der Waals surface area contributed by atoms with E-state index >= 15 is 0 Å². The first-order chi connectivity index (χ1) is 24.8. The largest absolute Gasteiger partial charge is 0.309 e. The maximum atomic E-state index is 5.15. The second-order valence-electron chi connectivity index (χ2n) is 13.0. The van der Waals surface area contributed by atoms with E-state index in [-0.39, 0.29) is 0 Å². The van der Waals surface area contributed by atoms with Gasteiger partial charge in [0, 0.05) is 45.1 Å². The molecule has 10 rings (SSSR count). The quantitative estimate of drug-likeness (QED) is 0.188. The lowest BCUT2D eigenvalue weighted by molar-refractivity contribution is 1.13. The molecule has 0 unspecified atom stereocenters. The fourth-order valence-corrected chi connectivity index (χ4v) is 7.63. The first kappa shape index (κ1) is 28.4. The predicted molar refractivity (Wildman–Crippen MR) is 206 cm³/mol. The van der Waals surface area contributed by atoms with E-state index in [4.69, 9.17) is 9.97 Å². The van der Waals surface area contributed by atoms with Crippen molar-refractivity contribution in [1.82, 2.24) is 14.5 Å². The first-order valence-corrected chi connectivity index (χ1v) is 17.1. The molecule has 0 radical (unpaired) electrons. The summed E-state index contributed by atoms with van der Waals surface area (Å²) in [4.78, 5) is 10.3. The van der Waals surface area contributed by atoms with Gasteiger partial charge in [-0.2, -0.15) is 0 Å². The van der Waals surface area contributed by atoms with Gasteiger partial charge < -0.3 is 4.57 Å². The molecular weight excluding hydrogens is 607 g/mol. The number of fused-ring (bicyclic) bond motifs is 6. The fraction of sp³-hybridized carbons (Fsp3) is 0.0213. The van der Waals surface area contributed by atoms with Crippen molar-refractivity contribution in [3.05, 3.63) is 187 Å². The topological polar surface area (TPSA) is 30.7 Å². The molecule has 3 nitrogen and oxygen atoms in total. The molecule has 0 bridgehead atoms. The molecule has 0 aliphatic heterocycles. The fourth-order valence-electron chi connectivity index (χ4n) is 7.63. The molecule has 50 heavy (non-hydrogen) atoms. The lowest BCUT2D eigenvalue weighted by Gasteiger charge is -2.11. The Morgan fingerprint density at radius 1 is 0.400 bits per heavy atom. The number of benzene rings is 7. The third-order valence-electron chi connectivity index (χ3n) is 10.1. The highest BCUT2D eigenvalue weighted by atomic mass is 15.0. The Labute approximate surface area is 290 Å². The van der Waals surface area contributed by atoms with Crippen molar-refractivity contribution in [3.8, 4) is 61.8 Å². The summed E-state index contributed by atoms with van der Waals surface area (Å²) in [7, 11) is 0. The van der Waals surface area contributed by atoms with E-state index in [1.807, 2.05) is 18.2 Å². The molecule has 7 aromatic carbocycles. The van der Waals surface area contributed by atoms with Crippen LogP contribution in [0.25, 0.3) is 83.6 Å². The minimum Gasteiger partial charge on any atom is -0.309 e. The van der Waals surface area contributed by atoms with E-state index in [0.717, 1.165) is 34.8 Å². The molecule has 0 atom stereocenters. The second kappa shape index (κ2) is 11.5. The number of nitrogens with zero attached hydrogens (tertiary/aromatic N) is 3. The van der Waals surface area contributed by atoms with E-state index in [1.54, 1.807) is 0 Å². The molecule has 1 aliphatic rings. The van der Waals surface area contributed by atoms with Gasteiger partial charge in [0.05, 0.1) is 22.4 Å². The minimum atomic E-state index is 0.763. The van der Waals surface area contributed by atoms with Crippen LogP contribution in [0.1, 0.15) is 11.1 Å². The van der Waals surface area contributed by atoms with Gasteiger partial charge in [0.1, 0.15) is 0 Å². The van der Waals surface area contributed by atoms with Crippen LogP contribution >= 0.6 is 0 Å². The number of hydrogen-bond donors (Lipinski definition) is 0. The molecule has 0 amide bonds. The molecular formula is C47H31N3. The molecule has 0 fully saturated rings. The summed E-state index contributed by atoms with van der Waals surface area (Å²) in [5.74, 6) is 0.763. The third-order valence-corrected chi connectivity index (χ3v) is 10.1. The van der Waals surface area contributed by atoms with Crippen LogP contribution in [0.4, 0.5) is 0 Å². The van der Waals surface area contributed by atoms with E-state index in [9.17, 15) is 0 Å². The maximum Gasteiger partial charge on any atom is 0.160 e. The molecule has 0 saturated heterocycles. The zero-order chi connectivity index (χ0) is 33.0. The number of para-hydroxylation sites is 2. The highest BCUT2D eigenvalue weighted by Crippen LogP contribution is 2.43. The summed E-state index contributed by atoms with van der Waals surface area (Å²) in [6.45, 7) is 0. The monoisotopic (exact) mass is 637 g/mol. The van der Waals surface area contributed by atoms with Gasteiger partial charge in [-0.3, -0.25) is 0 Å². The standard InChI is InChI=1S/C47H31N3/c1-4-12-33(13-5-1)45-42-30-37-28-35(24-26-39(37)46(42)49-47(48-45)34-14-6-2-7-15-34)31-20-22-32(23-21-31)36-25-27-44-41(29-36)40-18-10-11-19-43(40)50(44)38-16-8-3-9-17-38/h1-29H,30H2. The highest BCUT2D eigenvalue weighted by Gasteiger charge is 2.26. The van der Waals surface area contributed by atoms with Crippen LogP contribution in [0, 0.1) is 0 Å². The Bertz CT molecular complexity index is 2690. The molecule has 3 heteroatoms. The molecule has 0 N–H and O–H groups in total. The number of rotatable bonds is 5. The van der Waals surface area contributed by atoms with Crippen molar-refractivity contribution in [1.29, 1.82) is 0 Å². The van der Waals surface area contributed by atoms with Gasteiger partial charge in [0.25, 0.3) is 0 Å². The second-order valence-corrected chi connectivity index (χ2v) is 13.0. The van der Waals surface area contributed by atoms with Gasteiger partial charge in [-0.1, -0.05) is 146 Å². The molecule has 1 aliphatic carbocycles. The zero-order valence-corrected chi connectivity index (χ0v) is 27.3. The van der Waals surface area contributed by atoms with Crippen molar-refractivity contribution in [2.45, 2.75) is 6.42 Å². The van der Waals surface area contributed by atoms with Crippen molar-refractivity contribution in [2.24, 2.45) is 0 Å². The Kier molecular flexibility index (Phi) is 6.56. The van der Waals surface area contributed by atoms with E-state index in [1.165, 1.54) is 66.4 Å². The summed E-state index contributed by atoms with van der Waals surface area (Å²) in [5, 5.41) is 2.53. The zero-order valence-electron chi connectivity index (χ0n) is 27.3. The third kappa shape index (κ3) is 4.67. The summed E-state index contributed by atoms with van der Waals surface area (Å²) >= 11 is 0. The summed E-state index contributed by atoms with van der Waals surface area (Å²) in [6.07, 6.45) is 0.812. The van der Waals surface area contributed by atoms with Gasteiger partial charge in [0.15, 0.2) is 5.82 Å². The lowest BCUT2D eigenvalue weighted by atomic mass is 9.97. The minimum absolute atomic E-state index is 0.763. The van der Waals surface area contributed by atoms with Gasteiger partial charge in [-0.15, -0.1) is 0 Å². The van der Waals surface area contributed by atoms with Crippen LogP contribution in [-0.4, -0.2) is 14.5 Å². The van der Waals surface area contributed by atoms with Crippen LogP contribution in [0.5, 0.6) is 0 Å². The van der Waals surface area contributed by atoms with Crippen molar-refractivity contribution in [2.75, 3.05) is 0 Å². The summed E-state index contributed by atoms with van der Waals surface area (Å²) < 4.78 is 2.36. The lowest BCUT2D eigenvalue weighted by Crippen LogP contribution is -1.99. The maximum absolute atomic E-state index is 5.15. The van der Waals surface area contributed by atoms with Crippen molar-refractivity contribution >= 4 is 21.8 Å². The molecule has 2 aromatic heterocycles. The number of aromatic nitrogens is 3. The molecule has 9 aromatic rings. The highest BCUT2D eigenvalue weighted by molar-refractivity contribution is 6.10. The molecule has 234 valence electrons. The molecule has 0 saturated carbocycles. The smallest absolute Gasteiger partial charge is 0.160 e. The Morgan fingerprint density at radius 2 is 0.960 bits per heavy atom.